The third-order valence-corrected chi connectivity index (χ3v) is 6.57. The zero-order valence-electron chi connectivity index (χ0n) is 19.6. The summed E-state index contributed by atoms with van der Waals surface area (Å²) in [5.74, 6) is -1.72. The Labute approximate surface area is 208 Å². The van der Waals surface area contributed by atoms with Crippen LogP contribution in [0.25, 0.3) is 0 Å². The maximum Gasteiger partial charge on any atom is 0.313 e. The molecule has 2 aromatic rings. The molecule has 34 heavy (non-hydrogen) atoms. The van der Waals surface area contributed by atoms with Crippen molar-refractivity contribution >= 4 is 35.5 Å². The summed E-state index contributed by atoms with van der Waals surface area (Å²) >= 11 is 11.9. The number of piperidine rings is 1. The topological polar surface area (TPSA) is 59.5 Å². The number of ether oxygens (including phenoxy) is 1. The van der Waals surface area contributed by atoms with Gasteiger partial charge in [0.15, 0.2) is 12.1 Å². The van der Waals surface area contributed by atoms with Gasteiger partial charge in [0.1, 0.15) is 16.6 Å². The maximum absolute atomic E-state index is 15.0. The van der Waals surface area contributed by atoms with Gasteiger partial charge in [0.25, 0.3) is 0 Å². The average molecular weight is 513 g/mol. The molecule has 0 radical (unpaired) electrons. The molecule has 2 unspecified atom stereocenters. The lowest BCUT2D eigenvalue weighted by molar-refractivity contribution is -0.172. The van der Waals surface area contributed by atoms with Gasteiger partial charge < -0.3 is 4.74 Å². The van der Waals surface area contributed by atoms with Gasteiger partial charge in [-0.25, -0.2) is 13.8 Å². The number of hydrogen-bond acceptors (Lipinski definition) is 5. The van der Waals surface area contributed by atoms with Crippen molar-refractivity contribution in [2.75, 3.05) is 6.54 Å². The monoisotopic (exact) mass is 512 g/mol. The van der Waals surface area contributed by atoms with Crippen LogP contribution in [0, 0.1) is 17.0 Å². The van der Waals surface area contributed by atoms with Gasteiger partial charge in [0.05, 0.1) is 21.7 Å². The van der Waals surface area contributed by atoms with Crippen molar-refractivity contribution in [1.29, 1.82) is 0 Å². The summed E-state index contributed by atoms with van der Waals surface area (Å²) < 4.78 is 35.1. The molecule has 1 saturated heterocycles. The summed E-state index contributed by atoms with van der Waals surface area (Å²) in [5, 5.41) is 0.0264. The summed E-state index contributed by atoms with van der Waals surface area (Å²) in [5.41, 5.74) is -1.64. The van der Waals surface area contributed by atoms with Crippen molar-refractivity contribution < 1.29 is 23.1 Å². The molecular weight excluding hydrogens is 485 g/mol. The van der Waals surface area contributed by atoms with E-state index in [-0.39, 0.29) is 33.9 Å². The van der Waals surface area contributed by atoms with E-state index in [9.17, 15) is 18.4 Å². The number of carbonyl (C=O) groups excluding carboxylic acids is 2. The number of aldehydes is 1. The Balaban J connectivity index is 1.92. The normalized spacial score (nSPS) is 21.4. The van der Waals surface area contributed by atoms with Gasteiger partial charge in [0, 0.05) is 24.6 Å². The van der Waals surface area contributed by atoms with Crippen LogP contribution < -0.4 is 0 Å². The molecule has 3 rings (SSSR count). The molecule has 1 aliphatic rings. The molecule has 184 valence electrons. The third kappa shape index (κ3) is 5.93. The van der Waals surface area contributed by atoms with E-state index in [2.05, 4.69) is 9.88 Å². The molecule has 0 bridgehead atoms. The minimum atomic E-state index is -1.09. The van der Waals surface area contributed by atoms with E-state index in [0.717, 1.165) is 6.07 Å². The molecule has 5 nitrogen and oxygen atoms in total. The first-order valence-corrected chi connectivity index (χ1v) is 11.8. The van der Waals surface area contributed by atoms with Crippen LogP contribution in [-0.2, 0) is 22.5 Å². The lowest BCUT2D eigenvalue weighted by atomic mass is 9.72. The first kappa shape index (κ1) is 26.5. The number of aromatic nitrogens is 1. The predicted molar refractivity (Wildman–Crippen MR) is 127 cm³/mol. The summed E-state index contributed by atoms with van der Waals surface area (Å²) in [4.78, 5) is 30.8. The molecule has 0 amide bonds. The number of carbonyl (C=O) groups is 2. The lowest BCUT2D eigenvalue weighted by Gasteiger charge is -2.45. The standard InChI is InChI=1S/C25H28Cl2F2N2O3/c1-15-11-25(23(33)34-24(2,3)4,12-19-22(29)17(14-32)10-20(27)30-19)8-9-31(15)13-16-6-5-7-18(26)21(16)28/h5-7,10,14-15H,8-9,11-13H2,1-4H3. The van der Waals surface area contributed by atoms with Crippen LogP contribution in [0.4, 0.5) is 8.78 Å². The highest BCUT2D eigenvalue weighted by Crippen LogP contribution is 2.41. The van der Waals surface area contributed by atoms with Crippen molar-refractivity contribution in [3.8, 4) is 0 Å². The summed E-state index contributed by atoms with van der Waals surface area (Å²) in [6, 6.07) is 5.85. The van der Waals surface area contributed by atoms with Gasteiger partial charge in [-0.05, 0) is 59.2 Å². The fourth-order valence-electron chi connectivity index (χ4n) is 4.40. The summed E-state index contributed by atoms with van der Waals surface area (Å²) in [6.07, 6.45) is 0.961. The number of rotatable bonds is 6. The van der Waals surface area contributed by atoms with E-state index in [4.69, 9.17) is 27.9 Å². The number of nitrogens with zero attached hydrogens (tertiary/aromatic N) is 2. The molecule has 0 saturated carbocycles. The van der Waals surface area contributed by atoms with Crippen molar-refractivity contribution in [3.63, 3.8) is 0 Å². The molecule has 9 heteroatoms. The molecule has 2 heterocycles. The van der Waals surface area contributed by atoms with E-state index in [1.54, 1.807) is 32.9 Å². The Morgan fingerprint density at radius 1 is 1.29 bits per heavy atom. The first-order valence-electron chi connectivity index (χ1n) is 11.1. The van der Waals surface area contributed by atoms with Crippen LogP contribution in [0.2, 0.25) is 10.2 Å². The largest absolute Gasteiger partial charge is 0.460 e. The van der Waals surface area contributed by atoms with E-state index in [1.165, 1.54) is 6.07 Å². The predicted octanol–water partition coefficient (Wildman–Crippen LogP) is 6.03. The highest BCUT2D eigenvalue weighted by molar-refractivity contribution is 6.30. The Morgan fingerprint density at radius 3 is 2.62 bits per heavy atom. The van der Waals surface area contributed by atoms with Gasteiger partial charge in [-0.3, -0.25) is 14.5 Å². The molecule has 2 atom stereocenters. The van der Waals surface area contributed by atoms with E-state index < -0.39 is 28.6 Å². The second-order valence-corrected chi connectivity index (χ2v) is 10.7. The molecule has 0 aliphatic carbocycles. The van der Waals surface area contributed by atoms with Crippen molar-refractivity contribution in [2.24, 2.45) is 5.41 Å². The highest BCUT2D eigenvalue weighted by atomic mass is 35.5. The van der Waals surface area contributed by atoms with Gasteiger partial charge in [-0.2, -0.15) is 0 Å². The third-order valence-electron chi connectivity index (χ3n) is 6.08. The molecule has 0 N–H and O–H groups in total. The van der Waals surface area contributed by atoms with Crippen LogP contribution >= 0.6 is 23.2 Å². The zero-order chi connectivity index (χ0) is 25.3. The molecule has 0 spiro atoms. The Kier molecular flexibility index (Phi) is 8.00. The van der Waals surface area contributed by atoms with Crippen LogP contribution in [-0.4, -0.2) is 40.3 Å². The second kappa shape index (κ2) is 10.3. The number of hydrogen-bond donors (Lipinski definition) is 0. The number of halogens is 4. The SMILES string of the molecule is CC1CC(Cc2nc(Cl)cc(C=O)c2F)(C(=O)OC(C)(C)C)CCN1Cc1cccc(Cl)c1F. The van der Waals surface area contributed by atoms with Crippen LogP contribution in [0.5, 0.6) is 0 Å². The molecule has 1 aromatic carbocycles. The highest BCUT2D eigenvalue weighted by Gasteiger charge is 2.47. The average Bonchev–Trinajstić information content (AvgIpc) is 2.74. The van der Waals surface area contributed by atoms with Gasteiger partial charge in [-0.1, -0.05) is 35.3 Å². The fraction of sp³-hybridized carbons (Fsp3) is 0.480. The lowest BCUT2D eigenvalue weighted by Crippen LogP contribution is -2.51. The molecule has 1 aromatic heterocycles. The maximum atomic E-state index is 15.0. The van der Waals surface area contributed by atoms with Crippen LogP contribution in [0.15, 0.2) is 24.3 Å². The van der Waals surface area contributed by atoms with Crippen molar-refractivity contribution in [1.82, 2.24) is 9.88 Å². The molecule has 1 fully saturated rings. The minimum absolute atomic E-state index is 0.0280. The number of pyridine rings is 1. The minimum Gasteiger partial charge on any atom is -0.460 e. The van der Waals surface area contributed by atoms with Gasteiger partial charge in [0.2, 0.25) is 0 Å². The van der Waals surface area contributed by atoms with E-state index >= 15 is 0 Å². The second-order valence-electron chi connectivity index (χ2n) is 9.86. The smallest absolute Gasteiger partial charge is 0.313 e. The van der Waals surface area contributed by atoms with E-state index in [0.29, 0.717) is 37.8 Å². The van der Waals surface area contributed by atoms with E-state index in [1.807, 2.05) is 6.92 Å². The number of likely N-dealkylation sites (tertiary alicyclic amines) is 1. The number of benzene rings is 1. The molecule has 1 aliphatic heterocycles. The Hall–Kier alpha value is -2.09. The van der Waals surface area contributed by atoms with Gasteiger partial charge in [-0.15, -0.1) is 0 Å². The fourth-order valence-corrected chi connectivity index (χ4v) is 4.81. The summed E-state index contributed by atoms with van der Waals surface area (Å²) in [7, 11) is 0. The zero-order valence-corrected chi connectivity index (χ0v) is 21.1. The van der Waals surface area contributed by atoms with Crippen LogP contribution in [0.1, 0.15) is 62.2 Å². The number of esters is 1. The first-order chi connectivity index (χ1) is 15.8. The summed E-state index contributed by atoms with van der Waals surface area (Å²) in [6.45, 7) is 7.98. The van der Waals surface area contributed by atoms with Crippen LogP contribution in [0.3, 0.4) is 0 Å². The molecular formula is C25H28Cl2F2N2O3. The quantitative estimate of drug-likeness (QED) is 0.268. The Bertz CT molecular complexity index is 1090. The van der Waals surface area contributed by atoms with Gasteiger partial charge >= 0.3 is 5.97 Å². The van der Waals surface area contributed by atoms with Crippen molar-refractivity contribution in [2.45, 2.75) is 65.1 Å². The van der Waals surface area contributed by atoms with Crippen molar-refractivity contribution in [3.05, 3.63) is 62.9 Å². The Morgan fingerprint density at radius 2 is 2.00 bits per heavy atom.